The van der Waals surface area contributed by atoms with Gasteiger partial charge in [-0.1, -0.05) is 11.6 Å². The highest BCUT2D eigenvalue weighted by Crippen LogP contribution is 2.20. The van der Waals surface area contributed by atoms with E-state index in [1.807, 2.05) is 0 Å². The summed E-state index contributed by atoms with van der Waals surface area (Å²) in [6, 6.07) is 4.90. The van der Waals surface area contributed by atoms with Crippen molar-refractivity contribution < 1.29 is 4.79 Å². The van der Waals surface area contributed by atoms with Crippen molar-refractivity contribution in [3.63, 3.8) is 0 Å². The number of amides is 1. The van der Waals surface area contributed by atoms with Gasteiger partial charge in [-0.05, 0) is 50.3 Å². The quantitative estimate of drug-likeness (QED) is 0.846. The number of hydrogen-bond acceptors (Lipinski definition) is 3. The number of carbonyl (C=O) groups is 1. The number of allylic oxidation sites excluding steroid dienone is 2. The maximum Gasteiger partial charge on any atom is 0.328 e. The standard InChI is InChI=1S/C18H21N3O3/c1-12(22)19-14-7-8-16-15(11-14)17(23)21(18(24)20-16)10-9-13-5-3-2-4-6-13/h5,7-8,11H,2-4,6,9-10H2,1H3,(H,19,22)(H,20,24). The number of hydrogen-bond donors (Lipinski definition) is 2. The molecule has 0 aliphatic heterocycles. The Kier molecular flexibility index (Phi) is 4.64. The fourth-order valence-electron chi connectivity index (χ4n) is 3.12. The molecule has 2 aromatic rings. The van der Waals surface area contributed by atoms with Gasteiger partial charge >= 0.3 is 5.69 Å². The van der Waals surface area contributed by atoms with Crippen molar-refractivity contribution >= 4 is 22.5 Å². The van der Waals surface area contributed by atoms with Crippen molar-refractivity contribution in [3.8, 4) is 0 Å². The van der Waals surface area contributed by atoms with Crippen molar-refractivity contribution in [1.82, 2.24) is 9.55 Å². The maximum atomic E-state index is 12.7. The third-order valence-electron chi connectivity index (χ3n) is 4.34. The Bertz CT molecular complexity index is 921. The molecule has 0 bridgehead atoms. The zero-order chi connectivity index (χ0) is 17.1. The average Bonchev–Trinajstić information content (AvgIpc) is 2.56. The molecular formula is C18H21N3O3. The average molecular weight is 327 g/mol. The molecule has 6 nitrogen and oxygen atoms in total. The largest absolute Gasteiger partial charge is 0.328 e. The Morgan fingerprint density at radius 1 is 1.29 bits per heavy atom. The minimum Gasteiger partial charge on any atom is -0.326 e. The molecular weight excluding hydrogens is 306 g/mol. The first kappa shape index (κ1) is 16.2. The maximum absolute atomic E-state index is 12.7. The lowest BCUT2D eigenvalue weighted by molar-refractivity contribution is -0.114. The van der Waals surface area contributed by atoms with E-state index < -0.39 is 5.69 Å². The van der Waals surface area contributed by atoms with E-state index in [1.54, 1.807) is 18.2 Å². The topological polar surface area (TPSA) is 84.0 Å². The molecule has 0 saturated heterocycles. The van der Waals surface area contributed by atoms with Crippen LogP contribution in [-0.2, 0) is 11.3 Å². The van der Waals surface area contributed by atoms with Crippen LogP contribution in [0.15, 0.2) is 39.4 Å². The summed E-state index contributed by atoms with van der Waals surface area (Å²) < 4.78 is 1.25. The van der Waals surface area contributed by atoms with E-state index in [1.165, 1.54) is 29.9 Å². The number of benzene rings is 1. The van der Waals surface area contributed by atoms with Crippen LogP contribution >= 0.6 is 0 Å². The molecule has 3 rings (SSSR count). The molecule has 24 heavy (non-hydrogen) atoms. The zero-order valence-electron chi connectivity index (χ0n) is 13.7. The van der Waals surface area contributed by atoms with Gasteiger partial charge in [0, 0.05) is 19.2 Å². The number of rotatable bonds is 4. The van der Waals surface area contributed by atoms with E-state index in [0.29, 0.717) is 23.1 Å². The highest BCUT2D eigenvalue weighted by Gasteiger charge is 2.10. The molecule has 1 amide bonds. The van der Waals surface area contributed by atoms with Crippen LogP contribution < -0.4 is 16.6 Å². The Morgan fingerprint density at radius 3 is 2.83 bits per heavy atom. The van der Waals surface area contributed by atoms with E-state index in [9.17, 15) is 14.4 Å². The summed E-state index contributed by atoms with van der Waals surface area (Å²) in [7, 11) is 0. The summed E-state index contributed by atoms with van der Waals surface area (Å²) in [4.78, 5) is 38.8. The van der Waals surface area contributed by atoms with Crippen LogP contribution in [0, 0.1) is 0 Å². The molecule has 1 aliphatic rings. The van der Waals surface area contributed by atoms with Gasteiger partial charge in [-0.2, -0.15) is 0 Å². The summed E-state index contributed by atoms with van der Waals surface area (Å²) in [5.74, 6) is -0.205. The van der Waals surface area contributed by atoms with Gasteiger partial charge in [-0.15, -0.1) is 0 Å². The van der Waals surface area contributed by atoms with Gasteiger partial charge < -0.3 is 10.3 Å². The second kappa shape index (κ2) is 6.86. The van der Waals surface area contributed by atoms with E-state index >= 15 is 0 Å². The van der Waals surface area contributed by atoms with Gasteiger partial charge in [0.25, 0.3) is 5.56 Å². The third kappa shape index (κ3) is 3.48. The Balaban J connectivity index is 1.95. The first-order chi connectivity index (χ1) is 11.5. The van der Waals surface area contributed by atoms with Crippen molar-refractivity contribution in [3.05, 3.63) is 50.7 Å². The molecule has 0 fully saturated rings. The number of nitrogens with one attached hydrogen (secondary N) is 2. The monoisotopic (exact) mass is 327 g/mol. The summed E-state index contributed by atoms with van der Waals surface area (Å²) in [5.41, 5.74) is 1.63. The Hall–Kier alpha value is -2.63. The third-order valence-corrected chi connectivity index (χ3v) is 4.34. The lowest BCUT2D eigenvalue weighted by Crippen LogP contribution is -2.35. The van der Waals surface area contributed by atoms with E-state index in [-0.39, 0.29) is 11.5 Å². The van der Waals surface area contributed by atoms with Crippen LogP contribution in [0.4, 0.5) is 5.69 Å². The molecule has 0 atom stereocenters. The SMILES string of the molecule is CC(=O)Nc1ccc2[nH]c(=O)n(CCC3=CCCCC3)c(=O)c2c1. The highest BCUT2D eigenvalue weighted by atomic mass is 16.2. The van der Waals surface area contributed by atoms with Crippen LogP contribution in [-0.4, -0.2) is 15.5 Å². The van der Waals surface area contributed by atoms with Gasteiger partial charge in [0.15, 0.2) is 0 Å². The van der Waals surface area contributed by atoms with E-state index in [4.69, 9.17) is 0 Å². The number of fused-ring (bicyclic) bond motifs is 1. The normalized spacial score (nSPS) is 14.5. The number of H-pyrrole nitrogens is 1. The Morgan fingerprint density at radius 2 is 2.12 bits per heavy atom. The summed E-state index contributed by atoms with van der Waals surface area (Å²) in [6.45, 7) is 1.79. The second-order valence-electron chi connectivity index (χ2n) is 6.19. The summed E-state index contributed by atoms with van der Waals surface area (Å²) >= 11 is 0. The zero-order valence-corrected chi connectivity index (χ0v) is 13.7. The molecule has 1 heterocycles. The predicted molar refractivity (Wildman–Crippen MR) is 94.3 cm³/mol. The smallest absolute Gasteiger partial charge is 0.326 e. The molecule has 126 valence electrons. The molecule has 1 aliphatic carbocycles. The number of carbonyl (C=O) groups excluding carboxylic acids is 1. The van der Waals surface area contributed by atoms with Crippen LogP contribution in [0.5, 0.6) is 0 Å². The number of nitrogens with zero attached hydrogens (tertiary/aromatic N) is 1. The molecule has 1 aromatic carbocycles. The molecule has 0 radical (unpaired) electrons. The number of anilines is 1. The Labute approximate surface area is 139 Å². The fourth-order valence-corrected chi connectivity index (χ4v) is 3.12. The van der Waals surface area contributed by atoms with Crippen molar-refractivity contribution in [1.29, 1.82) is 0 Å². The van der Waals surface area contributed by atoms with Gasteiger partial charge in [-0.25, -0.2) is 4.79 Å². The molecule has 6 heteroatoms. The summed E-state index contributed by atoms with van der Waals surface area (Å²) in [5, 5.41) is 3.06. The van der Waals surface area contributed by atoms with Gasteiger partial charge in [-0.3, -0.25) is 14.2 Å². The van der Waals surface area contributed by atoms with Crippen molar-refractivity contribution in [2.45, 2.75) is 45.6 Å². The fraction of sp³-hybridized carbons (Fsp3) is 0.389. The predicted octanol–water partition coefficient (Wildman–Crippen LogP) is 2.54. The van der Waals surface area contributed by atoms with Crippen LogP contribution in [0.25, 0.3) is 10.9 Å². The summed E-state index contributed by atoms with van der Waals surface area (Å²) in [6.07, 6.45) is 7.46. The van der Waals surface area contributed by atoms with E-state index in [0.717, 1.165) is 19.3 Å². The minimum absolute atomic E-state index is 0.205. The minimum atomic E-state index is -0.392. The van der Waals surface area contributed by atoms with Crippen LogP contribution in [0.1, 0.15) is 39.0 Å². The highest BCUT2D eigenvalue weighted by molar-refractivity contribution is 5.91. The molecule has 0 saturated carbocycles. The van der Waals surface area contributed by atoms with Crippen LogP contribution in [0.2, 0.25) is 0 Å². The van der Waals surface area contributed by atoms with E-state index in [2.05, 4.69) is 16.4 Å². The lowest BCUT2D eigenvalue weighted by atomic mass is 9.97. The van der Waals surface area contributed by atoms with Crippen molar-refractivity contribution in [2.75, 3.05) is 5.32 Å². The van der Waals surface area contributed by atoms with Gasteiger partial charge in [0.2, 0.25) is 5.91 Å². The first-order valence-electron chi connectivity index (χ1n) is 8.27. The number of aromatic amines is 1. The molecule has 1 aromatic heterocycles. The lowest BCUT2D eigenvalue weighted by Gasteiger charge is -2.13. The van der Waals surface area contributed by atoms with Crippen molar-refractivity contribution in [2.24, 2.45) is 0 Å². The molecule has 0 unspecified atom stereocenters. The first-order valence-corrected chi connectivity index (χ1v) is 8.27. The van der Waals surface area contributed by atoms with Gasteiger partial charge in [0.1, 0.15) is 0 Å². The van der Waals surface area contributed by atoms with Gasteiger partial charge in [0.05, 0.1) is 10.9 Å². The molecule has 0 spiro atoms. The molecule has 2 N–H and O–H groups in total. The van der Waals surface area contributed by atoms with Crippen LogP contribution in [0.3, 0.4) is 0 Å². The second-order valence-corrected chi connectivity index (χ2v) is 6.19. The number of aromatic nitrogens is 2.